The van der Waals surface area contributed by atoms with Crippen LogP contribution in [0.2, 0.25) is 0 Å². The number of nitrogens with zero attached hydrogens (tertiary/aromatic N) is 1. The van der Waals surface area contributed by atoms with Crippen LogP contribution in [0.1, 0.15) is 33.5 Å². The highest BCUT2D eigenvalue weighted by Gasteiger charge is 2.29. The SMILES string of the molecule is COc1cc(C(=O)N2CCCc3c(C)ccc(OC)c32)cc(OC)c1OCc1ccccc1. The monoisotopic (exact) mass is 447 g/mol. The Morgan fingerprint density at radius 1 is 0.909 bits per heavy atom. The largest absolute Gasteiger partial charge is 0.495 e. The predicted molar refractivity (Wildman–Crippen MR) is 128 cm³/mol. The molecule has 1 heterocycles. The van der Waals surface area contributed by atoms with Crippen LogP contribution in [0.15, 0.2) is 54.6 Å². The number of fused-ring (bicyclic) bond motifs is 1. The van der Waals surface area contributed by atoms with Crippen LogP contribution in [-0.2, 0) is 13.0 Å². The zero-order valence-corrected chi connectivity index (χ0v) is 19.5. The third-order valence-corrected chi connectivity index (χ3v) is 5.96. The molecule has 0 saturated carbocycles. The van der Waals surface area contributed by atoms with Gasteiger partial charge >= 0.3 is 0 Å². The van der Waals surface area contributed by atoms with Crippen molar-refractivity contribution in [3.63, 3.8) is 0 Å². The Morgan fingerprint density at radius 3 is 2.21 bits per heavy atom. The molecule has 0 bridgehead atoms. The minimum Gasteiger partial charge on any atom is -0.495 e. The van der Waals surface area contributed by atoms with Gasteiger partial charge in [-0.15, -0.1) is 0 Å². The van der Waals surface area contributed by atoms with E-state index in [0.717, 1.165) is 35.2 Å². The third-order valence-electron chi connectivity index (χ3n) is 5.96. The van der Waals surface area contributed by atoms with E-state index in [2.05, 4.69) is 6.92 Å². The zero-order chi connectivity index (χ0) is 23.4. The van der Waals surface area contributed by atoms with Gasteiger partial charge in [0.05, 0.1) is 27.0 Å². The van der Waals surface area contributed by atoms with Crippen molar-refractivity contribution in [2.45, 2.75) is 26.4 Å². The van der Waals surface area contributed by atoms with Crippen molar-refractivity contribution in [1.29, 1.82) is 0 Å². The number of carbonyl (C=O) groups excluding carboxylic acids is 1. The highest BCUT2D eigenvalue weighted by atomic mass is 16.5. The van der Waals surface area contributed by atoms with Gasteiger partial charge in [0.25, 0.3) is 5.91 Å². The molecule has 6 heteroatoms. The first kappa shape index (κ1) is 22.5. The molecule has 0 radical (unpaired) electrons. The van der Waals surface area contributed by atoms with Gasteiger partial charge in [-0.3, -0.25) is 4.79 Å². The molecule has 1 aliphatic rings. The number of ether oxygens (including phenoxy) is 4. The summed E-state index contributed by atoms with van der Waals surface area (Å²) in [5.74, 6) is 1.92. The molecule has 172 valence electrons. The van der Waals surface area contributed by atoms with E-state index in [1.807, 2.05) is 42.5 Å². The Morgan fingerprint density at radius 2 is 1.58 bits per heavy atom. The van der Waals surface area contributed by atoms with Gasteiger partial charge in [-0.1, -0.05) is 36.4 Å². The summed E-state index contributed by atoms with van der Waals surface area (Å²) in [7, 11) is 4.75. The van der Waals surface area contributed by atoms with Gasteiger partial charge < -0.3 is 23.8 Å². The lowest BCUT2D eigenvalue weighted by atomic mass is 9.95. The minimum absolute atomic E-state index is 0.133. The van der Waals surface area contributed by atoms with Crippen molar-refractivity contribution in [3.8, 4) is 23.0 Å². The van der Waals surface area contributed by atoms with Crippen LogP contribution in [0.5, 0.6) is 23.0 Å². The first-order chi connectivity index (χ1) is 16.1. The van der Waals surface area contributed by atoms with Crippen molar-refractivity contribution in [1.82, 2.24) is 0 Å². The summed E-state index contributed by atoms with van der Waals surface area (Å²) in [5, 5.41) is 0. The lowest BCUT2D eigenvalue weighted by Gasteiger charge is -2.32. The highest BCUT2D eigenvalue weighted by Crippen LogP contribution is 2.42. The van der Waals surface area contributed by atoms with Crippen molar-refractivity contribution in [2.24, 2.45) is 0 Å². The molecule has 0 saturated heterocycles. The summed E-state index contributed by atoms with van der Waals surface area (Å²) < 4.78 is 22.8. The smallest absolute Gasteiger partial charge is 0.258 e. The van der Waals surface area contributed by atoms with E-state index in [-0.39, 0.29) is 5.91 Å². The molecule has 0 atom stereocenters. The normalized spacial score (nSPS) is 12.7. The maximum absolute atomic E-state index is 13.7. The van der Waals surface area contributed by atoms with Crippen molar-refractivity contribution in [3.05, 3.63) is 76.9 Å². The highest BCUT2D eigenvalue weighted by molar-refractivity contribution is 6.08. The standard InChI is InChI=1S/C27H29NO5/c1-18-12-13-22(30-2)25-21(18)11-8-14-28(25)27(29)20-15-23(31-3)26(24(16-20)32-4)33-17-19-9-6-5-7-10-19/h5-7,9-10,12-13,15-16H,8,11,14,17H2,1-4H3. The summed E-state index contributed by atoms with van der Waals surface area (Å²) in [6, 6.07) is 17.2. The van der Waals surface area contributed by atoms with Crippen LogP contribution in [0.4, 0.5) is 5.69 Å². The molecule has 6 nitrogen and oxygen atoms in total. The van der Waals surface area contributed by atoms with E-state index in [1.54, 1.807) is 38.4 Å². The number of amides is 1. The van der Waals surface area contributed by atoms with Gasteiger partial charge in [-0.05, 0) is 54.7 Å². The fourth-order valence-corrected chi connectivity index (χ4v) is 4.25. The first-order valence-electron chi connectivity index (χ1n) is 11.0. The summed E-state index contributed by atoms with van der Waals surface area (Å²) in [5.41, 5.74) is 4.64. The van der Waals surface area contributed by atoms with E-state index in [9.17, 15) is 4.79 Å². The molecule has 33 heavy (non-hydrogen) atoms. The lowest BCUT2D eigenvalue weighted by Crippen LogP contribution is -2.36. The van der Waals surface area contributed by atoms with Gasteiger partial charge in [0, 0.05) is 12.1 Å². The maximum atomic E-state index is 13.7. The fourth-order valence-electron chi connectivity index (χ4n) is 4.25. The Labute approximate surface area is 194 Å². The molecular formula is C27H29NO5. The maximum Gasteiger partial charge on any atom is 0.258 e. The Bertz CT molecular complexity index is 1120. The topological polar surface area (TPSA) is 57.2 Å². The Hall–Kier alpha value is -3.67. The van der Waals surface area contributed by atoms with E-state index >= 15 is 0 Å². The summed E-state index contributed by atoms with van der Waals surface area (Å²) in [6.45, 7) is 3.04. The molecule has 0 aliphatic carbocycles. The van der Waals surface area contributed by atoms with Crippen LogP contribution < -0.4 is 23.8 Å². The summed E-state index contributed by atoms with van der Waals surface area (Å²) >= 11 is 0. The number of anilines is 1. The second-order valence-corrected chi connectivity index (χ2v) is 7.96. The van der Waals surface area contributed by atoms with Crippen LogP contribution in [0, 0.1) is 6.92 Å². The Kier molecular flexibility index (Phi) is 6.73. The second kappa shape index (κ2) is 9.86. The number of rotatable bonds is 7. The molecule has 0 spiro atoms. The predicted octanol–water partition coefficient (Wildman–Crippen LogP) is 5.19. The second-order valence-electron chi connectivity index (χ2n) is 7.96. The van der Waals surface area contributed by atoms with Gasteiger partial charge in [0.1, 0.15) is 12.4 Å². The molecular weight excluding hydrogens is 418 g/mol. The molecule has 0 aromatic heterocycles. The van der Waals surface area contributed by atoms with Crippen LogP contribution in [-0.4, -0.2) is 33.8 Å². The van der Waals surface area contributed by atoms with Gasteiger partial charge in [-0.2, -0.15) is 0 Å². The fraction of sp³-hybridized carbons (Fsp3) is 0.296. The van der Waals surface area contributed by atoms with Crippen LogP contribution >= 0.6 is 0 Å². The Balaban J connectivity index is 1.69. The minimum atomic E-state index is -0.133. The molecule has 0 unspecified atom stereocenters. The quantitative estimate of drug-likeness (QED) is 0.499. The molecule has 0 N–H and O–H groups in total. The average molecular weight is 448 g/mol. The molecule has 1 aliphatic heterocycles. The lowest BCUT2D eigenvalue weighted by molar-refractivity contribution is 0.0983. The molecule has 3 aromatic rings. The van der Waals surface area contributed by atoms with Crippen molar-refractivity contribution in [2.75, 3.05) is 32.8 Å². The number of aryl methyl sites for hydroxylation is 1. The number of methoxy groups -OCH3 is 3. The van der Waals surface area contributed by atoms with Crippen LogP contribution in [0.25, 0.3) is 0 Å². The number of hydrogen-bond acceptors (Lipinski definition) is 5. The molecule has 4 rings (SSSR count). The molecule has 3 aromatic carbocycles. The van der Waals surface area contributed by atoms with Crippen molar-refractivity contribution < 1.29 is 23.7 Å². The van der Waals surface area contributed by atoms with Gasteiger partial charge in [0.15, 0.2) is 11.5 Å². The van der Waals surface area contributed by atoms with E-state index < -0.39 is 0 Å². The number of hydrogen-bond donors (Lipinski definition) is 0. The van der Waals surface area contributed by atoms with E-state index in [0.29, 0.717) is 41.7 Å². The van der Waals surface area contributed by atoms with E-state index in [1.165, 1.54) is 0 Å². The summed E-state index contributed by atoms with van der Waals surface area (Å²) in [4.78, 5) is 15.5. The van der Waals surface area contributed by atoms with Gasteiger partial charge in [0.2, 0.25) is 5.75 Å². The average Bonchev–Trinajstić information content (AvgIpc) is 2.87. The van der Waals surface area contributed by atoms with Gasteiger partial charge in [-0.25, -0.2) is 0 Å². The number of benzene rings is 3. The first-order valence-corrected chi connectivity index (χ1v) is 11.0. The molecule has 1 amide bonds. The van der Waals surface area contributed by atoms with Crippen molar-refractivity contribution >= 4 is 11.6 Å². The zero-order valence-electron chi connectivity index (χ0n) is 19.5. The molecule has 0 fully saturated rings. The summed E-state index contributed by atoms with van der Waals surface area (Å²) in [6.07, 6.45) is 1.81. The third kappa shape index (κ3) is 4.46. The van der Waals surface area contributed by atoms with E-state index in [4.69, 9.17) is 18.9 Å². The number of carbonyl (C=O) groups is 1. The van der Waals surface area contributed by atoms with Crippen LogP contribution in [0.3, 0.4) is 0 Å².